The van der Waals surface area contributed by atoms with Crippen molar-refractivity contribution in [2.24, 2.45) is 0 Å². The zero-order chi connectivity index (χ0) is 9.84. The molecule has 1 aromatic rings. The summed E-state index contributed by atoms with van der Waals surface area (Å²) in [6, 6.07) is 6.03. The minimum Gasteiger partial charge on any atom is -0.309 e. The van der Waals surface area contributed by atoms with Crippen LogP contribution in [0, 0.1) is 0 Å². The Morgan fingerprint density at radius 1 is 1.38 bits per heavy atom. The lowest BCUT2D eigenvalue weighted by molar-refractivity contribution is 0.413. The molecule has 0 heterocycles. The summed E-state index contributed by atoms with van der Waals surface area (Å²) in [6.45, 7) is 1.03. The van der Waals surface area contributed by atoms with Crippen molar-refractivity contribution in [2.45, 2.75) is 6.42 Å². The monoisotopic (exact) mass is 261 g/mol. The average molecular weight is 263 g/mol. The van der Waals surface area contributed by atoms with E-state index in [-0.39, 0.29) is 0 Å². The van der Waals surface area contributed by atoms with Gasteiger partial charge in [0.05, 0.1) is 0 Å². The highest BCUT2D eigenvalue weighted by Crippen LogP contribution is 2.21. The van der Waals surface area contributed by atoms with Crippen molar-refractivity contribution in [1.82, 2.24) is 4.90 Å². The number of hydrogen-bond acceptors (Lipinski definition) is 1. The summed E-state index contributed by atoms with van der Waals surface area (Å²) in [4.78, 5) is 2.15. The summed E-state index contributed by atoms with van der Waals surface area (Å²) < 4.78 is 1.03. The van der Waals surface area contributed by atoms with E-state index in [1.807, 2.05) is 12.1 Å². The predicted octanol–water partition coefficient (Wildman–Crippen LogP) is 3.21. The fraction of sp³-hybridized carbons (Fsp3) is 0.400. The van der Waals surface area contributed by atoms with E-state index in [0.717, 1.165) is 22.5 Å². The summed E-state index contributed by atoms with van der Waals surface area (Å²) >= 11 is 9.45. The van der Waals surface area contributed by atoms with Crippen molar-refractivity contribution in [3.05, 3.63) is 33.3 Å². The fourth-order valence-electron chi connectivity index (χ4n) is 1.07. The highest BCUT2D eigenvalue weighted by Gasteiger charge is 2.01. The second kappa shape index (κ2) is 4.99. The molecule has 0 aliphatic carbocycles. The Kier molecular flexibility index (Phi) is 4.23. The first-order valence-electron chi connectivity index (χ1n) is 4.18. The molecule has 0 N–H and O–H groups in total. The Labute approximate surface area is 92.8 Å². The molecule has 72 valence electrons. The van der Waals surface area contributed by atoms with Gasteiger partial charge in [0, 0.05) is 16.0 Å². The van der Waals surface area contributed by atoms with Crippen molar-refractivity contribution in [1.29, 1.82) is 0 Å². The van der Waals surface area contributed by atoms with E-state index in [1.54, 1.807) is 0 Å². The number of likely N-dealkylation sites (N-methyl/N-ethyl adjacent to an activating group) is 1. The lowest BCUT2D eigenvalue weighted by Crippen LogP contribution is -2.15. The van der Waals surface area contributed by atoms with Crippen molar-refractivity contribution < 1.29 is 0 Å². The van der Waals surface area contributed by atoms with E-state index in [4.69, 9.17) is 11.6 Å². The molecule has 0 aliphatic heterocycles. The Morgan fingerprint density at radius 2 is 2.08 bits per heavy atom. The SMILES string of the molecule is CN(C)CCc1ccc(Br)cc1Cl. The molecule has 1 aromatic carbocycles. The molecule has 0 amide bonds. The predicted molar refractivity (Wildman–Crippen MR) is 61.4 cm³/mol. The Morgan fingerprint density at radius 3 is 2.62 bits per heavy atom. The van der Waals surface area contributed by atoms with Gasteiger partial charge in [0.25, 0.3) is 0 Å². The number of hydrogen-bond donors (Lipinski definition) is 0. The molecule has 0 saturated carbocycles. The molecule has 0 fully saturated rings. The quantitative estimate of drug-likeness (QED) is 0.808. The zero-order valence-corrected chi connectivity index (χ0v) is 10.2. The number of halogens is 2. The highest BCUT2D eigenvalue weighted by molar-refractivity contribution is 9.10. The number of benzene rings is 1. The third-order valence-electron chi connectivity index (χ3n) is 1.84. The van der Waals surface area contributed by atoms with Gasteiger partial charge in [-0.05, 0) is 38.2 Å². The second-order valence-corrected chi connectivity index (χ2v) is 4.61. The first-order chi connectivity index (χ1) is 6.09. The summed E-state index contributed by atoms with van der Waals surface area (Å²) in [7, 11) is 4.12. The Balaban J connectivity index is 2.67. The van der Waals surface area contributed by atoms with E-state index in [0.29, 0.717) is 0 Å². The molecule has 0 unspecified atom stereocenters. The zero-order valence-electron chi connectivity index (χ0n) is 7.85. The van der Waals surface area contributed by atoms with Crippen LogP contribution in [0.5, 0.6) is 0 Å². The van der Waals surface area contributed by atoms with Gasteiger partial charge in [-0.2, -0.15) is 0 Å². The molecule has 3 heteroatoms. The van der Waals surface area contributed by atoms with Crippen LogP contribution in [-0.2, 0) is 6.42 Å². The van der Waals surface area contributed by atoms with Crippen molar-refractivity contribution >= 4 is 27.5 Å². The molecule has 0 aromatic heterocycles. The lowest BCUT2D eigenvalue weighted by Gasteiger charge is -2.10. The largest absolute Gasteiger partial charge is 0.309 e. The van der Waals surface area contributed by atoms with Gasteiger partial charge in [0.15, 0.2) is 0 Å². The van der Waals surface area contributed by atoms with Gasteiger partial charge in [-0.15, -0.1) is 0 Å². The van der Waals surface area contributed by atoms with Crippen LogP contribution < -0.4 is 0 Å². The van der Waals surface area contributed by atoms with Crippen LogP contribution in [0.25, 0.3) is 0 Å². The maximum Gasteiger partial charge on any atom is 0.0449 e. The molecule has 1 nitrogen and oxygen atoms in total. The Bertz CT molecular complexity index is 286. The normalized spacial score (nSPS) is 10.8. The van der Waals surface area contributed by atoms with Crippen molar-refractivity contribution in [2.75, 3.05) is 20.6 Å². The standard InChI is InChI=1S/C10H13BrClN/c1-13(2)6-5-8-3-4-9(11)7-10(8)12/h3-4,7H,5-6H2,1-2H3. The van der Waals surface area contributed by atoms with Crippen LogP contribution in [-0.4, -0.2) is 25.5 Å². The van der Waals surface area contributed by atoms with Gasteiger partial charge in [-0.3, -0.25) is 0 Å². The van der Waals surface area contributed by atoms with Gasteiger partial charge < -0.3 is 4.90 Å². The molecule has 0 bridgehead atoms. The van der Waals surface area contributed by atoms with Crippen LogP contribution in [0.2, 0.25) is 5.02 Å². The highest BCUT2D eigenvalue weighted by atomic mass is 79.9. The van der Waals surface area contributed by atoms with Gasteiger partial charge >= 0.3 is 0 Å². The molecular formula is C10H13BrClN. The first kappa shape index (κ1) is 11.0. The molecular weight excluding hydrogens is 249 g/mol. The molecule has 0 saturated heterocycles. The summed E-state index contributed by atoms with van der Waals surface area (Å²) in [6.07, 6.45) is 0.999. The van der Waals surface area contributed by atoms with Gasteiger partial charge in [-0.1, -0.05) is 33.6 Å². The molecule has 1 rings (SSSR count). The van der Waals surface area contributed by atoms with E-state index >= 15 is 0 Å². The van der Waals surface area contributed by atoms with Crippen LogP contribution in [0.3, 0.4) is 0 Å². The second-order valence-electron chi connectivity index (χ2n) is 3.29. The summed E-state index contributed by atoms with van der Waals surface area (Å²) in [5.41, 5.74) is 1.21. The maximum atomic E-state index is 6.06. The van der Waals surface area contributed by atoms with Crippen molar-refractivity contribution in [3.63, 3.8) is 0 Å². The molecule has 0 radical (unpaired) electrons. The summed E-state index contributed by atoms with van der Waals surface area (Å²) in [5, 5.41) is 0.844. The minimum absolute atomic E-state index is 0.844. The van der Waals surface area contributed by atoms with Gasteiger partial charge in [0.1, 0.15) is 0 Å². The van der Waals surface area contributed by atoms with Gasteiger partial charge in [-0.25, -0.2) is 0 Å². The number of nitrogens with zero attached hydrogens (tertiary/aromatic N) is 1. The van der Waals surface area contributed by atoms with Gasteiger partial charge in [0.2, 0.25) is 0 Å². The summed E-state index contributed by atoms with van der Waals surface area (Å²) in [5.74, 6) is 0. The topological polar surface area (TPSA) is 3.24 Å². The third kappa shape index (κ3) is 3.67. The van der Waals surface area contributed by atoms with Crippen LogP contribution in [0.15, 0.2) is 22.7 Å². The van der Waals surface area contributed by atoms with Crippen molar-refractivity contribution in [3.8, 4) is 0 Å². The van der Waals surface area contributed by atoms with E-state index < -0.39 is 0 Å². The smallest absolute Gasteiger partial charge is 0.0449 e. The van der Waals surface area contributed by atoms with Crippen LogP contribution in [0.4, 0.5) is 0 Å². The Hall–Kier alpha value is -0.0500. The van der Waals surface area contributed by atoms with E-state index in [9.17, 15) is 0 Å². The minimum atomic E-state index is 0.844. The molecule has 0 spiro atoms. The van der Waals surface area contributed by atoms with Crippen LogP contribution >= 0.6 is 27.5 Å². The van der Waals surface area contributed by atoms with E-state index in [2.05, 4.69) is 41.0 Å². The van der Waals surface area contributed by atoms with E-state index in [1.165, 1.54) is 5.56 Å². The van der Waals surface area contributed by atoms with Crippen LogP contribution in [0.1, 0.15) is 5.56 Å². The molecule has 0 aliphatic rings. The average Bonchev–Trinajstić information content (AvgIpc) is 2.02. The lowest BCUT2D eigenvalue weighted by atomic mass is 10.1. The fourth-order valence-corrected chi connectivity index (χ4v) is 1.84. The third-order valence-corrected chi connectivity index (χ3v) is 2.69. The molecule has 13 heavy (non-hydrogen) atoms. The number of rotatable bonds is 3. The molecule has 0 atom stereocenters. The maximum absolute atomic E-state index is 6.06. The first-order valence-corrected chi connectivity index (χ1v) is 5.35.